The molecule has 3 N–H and O–H groups in total. The van der Waals surface area contributed by atoms with Gasteiger partial charge < -0.3 is 20.1 Å². The molecule has 3 aromatic carbocycles. The Hall–Kier alpha value is -3.75. The maximum absolute atomic E-state index is 9.72. The Morgan fingerprint density at radius 1 is 1.10 bits per heavy atom. The van der Waals surface area contributed by atoms with Crippen LogP contribution in [0.15, 0.2) is 60.8 Å². The van der Waals surface area contributed by atoms with E-state index in [4.69, 9.17) is 17.0 Å². The molecule has 4 aromatic rings. The van der Waals surface area contributed by atoms with Crippen LogP contribution in [-0.4, -0.2) is 16.8 Å². The number of nitrogens with two attached hydrogens (primary N) is 1. The quantitative estimate of drug-likeness (QED) is 0.374. The zero-order chi connectivity index (χ0) is 20.5. The Morgan fingerprint density at radius 3 is 2.66 bits per heavy atom. The highest BCUT2D eigenvalue weighted by atomic mass is 16.5. The van der Waals surface area contributed by atoms with E-state index in [0.29, 0.717) is 17.0 Å². The van der Waals surface area contributed by atoms with Gasteiger partial charge in [0.1, 0.15) is 5.75 Å². The highest BCUT2D eigenvalue weighted by molar-refractivity contribution is 6.00. The van der Waals surface area contributed by atoms with Gasteiger partial charge in [0.25, 0.3) is 0 Å². The van der Waals surface area contributed by atoms with Gasteiger partial charge in [0.15, 0.2) is 5.69 Å². The Balaban J connectivity index is 2.02. The van der Waals surface area contributed by atoms with Gasteiger partial charge >= 0.3 is 0 Å². The lowest BCUT2D eigenvalue weighted by molar-refractivity contribution is 0.274. The van der Waals surface area contributed by atoms with Crippen molar-refractivity contribution in [1.29, 1.82) is 0 Å². The summed E-state index contributed by atoms with van der Waals surface area (Å²) in [5, 5.41) is 10.7. The number of aromatic nitrogens is 1. The summed E-state index contributed by atoms with van der Waals surface area (Å²) in [5.41, 5.74) is 13.1. The van der Waals surface area contributed by atoms with Gasteiger partial charge in [-0.05, 0) is 59.8 Å². The van der Waals surface area contributed by atoms with E-state index in [1.165, 1.54) is 0 Å². The Labute approximate surface area is 169 Å². The number of hydrogen-bond donors (Lipinski definition) is 2. The molecule has 0 aliphatic heterocycles. The standard InChI is InChI=1S/C24H21N3O2/c1-15-19(5-4-6-22(15)25)21-13-27(23-9-7-17(26-2)12-20(21)23)18-8-10-24(29-3)16(11-18)14-28/h4-13,28H,14,25H2,1,3H3. The van der Waals surface area contributed by atoms with Crippen molar-refractivity contribution < 1.29 is 9.84 Å². The first-order valence-corrected chi connectivity index (χ1v) is 9.23. The van der Waals surface area contributed by atoms with Crippen molar-refractivity contribution in [3.63, 3.8) is 0 Å². The van der Waals surface area contributed by atoms with Crippen molar-refractivity contribution >= 4 is 22.3 Å². The van der Waals surface area contributed by atoms with E-state index in [1.54, 1.807) is 7.11 Å². The van der Waals surface area contributed by atoms with Crippen molar-refractivity contribution in [2.75, 3.05) is 12.8 Å². The fourth-order valence-electron chi connectivity index (χ4n) is 3.70. The third-order valence-corrected chi connectivity index (χ3v) is 5.30. The summed E-state index contributed by atoms with van der Waals surface area (Å²) in [5.74, 6) is 0.648. The van der Waals surface area contributed by atoms with Crippen LogP contribution >= 0.6 is 0 Å². The summed E-state index contributed by atoms with van der Waals surface area (Å²) in [7, 11) is 1.59. The average Bonchev–Trinajstić information content (AvgIpc) is 3.13. The number of aliphatic hydroxyl groups is 1. The number of nitrogens with zero attached hydrogens (tertiary/aromatic N) is 2. The molecule has 0 saturated carbocycles. The molecule has 0 radical (unpaired) electrons. The van der Waals surface area contributed by atoms with Gasteiger partial charge in [0.2, 0.25) is 0 Å². The molecule has 0 aliphatic rings. The minimum absolute atomic E-state index is 0.112. The van der Waals surface area contributed by atoms with Crippen LogP contribution in [0.4, 0.5) is 11.4 Å². The summed E-state index contributed by atoms with van der Waals surface area (Å²) in [6.45, 7) is 9.29. The molecule has 0 bridgehead atoms. The minimum Gasteiger partial charge on any atom is -0.496 e. The van der Waals surface area contributed by atoms with E-state index >= 15 is 0 Å². The number of methoxy groups -OCH3 is 1. The molecule has 29 heavy (non-hydrogen) atoms. The summed E-state index contributed by atoms with van der Waals surface area (Å²) >= 11 is 0. The van der Waals surface area contributed by atoms with Crippen LogP contribution in [0.2, 0.25) is 0 Å². The number of aliphatic hydroxyl groups excluding tert-OH is 1. The molecule has 1 aromatic heterocycles. The molecule has 0 fully saturated rings. The molecule has 144 valence electrons. The van der Waals surface area contributed by atoms with Gasteiger partial charge in [0, 0.05) is 28.7 Å². The van der Waals surface area contributed by atoms with Crippen molar-refractivity contribution in [3.8, 4) is 22.6 Å². The van der Waals surface area contributed by atoms with Crippen LogP contribution in [-0.2, 0) is 6.61 Å². The van der Waals surface area contributed by atoms with E-state index in [-0.39, 0.29) is 6.61 Å². The van der Waals surface area contributed by atoms with E-state index in [1.807, 2.05) is 61.5 Å². The Kier molecular flexibility index (Phi) is 4.71. The van der Waals surface area contributed by atoms with Crippen LogP contribution in [0.3, 0.4) is 0 Å². The number of benzene rings is 3. The van der Waals surface area contributed by atoms with E-state index in [0.717, 1.165) is 39.0 Å². The maximum Gasteiger partial charge on any atom is 0.188 e. The molecule has 1 heterocycles. The minimum atomic E-state index is -0.112. The molecule has 0 spiro atoms. The van der Waals surface area contributed by atoms with Gasteiger partial charge in [-0.15, -0.1) is 0 Å². The largest absolute Gasteiger partial charge is 0.496 e. The number of ether oxygens (including phenoxy) is 1. The monoisotopic (exact) mass is 383 g/mol. The zero-order valence-corrected chi connectivity index (χ0v) is 16.3. The lowest BCUT2D eigenvalue weighted by Crippen LogP contribution is -1.97. The molecule has 0 amide bonds. The summed E-state index contributed by atoms with van der Waals surface area (Å²) < 4.78 is 7.40. The summed E-state index contributed by atoms with van der Waals surface area (Å²) in [6, 6.07) is 17.3. The lowest BCUT2D eigenvalue weighted by atomic mass is 9.99. The molecular weight excluding hydrogens is 362 g/mol. The second kappa shape index (κ2) is 7.34. The molecule has 5 nitrogen and oxygen atoms in total. The highest BCUT2D eigenvalue weighted by Crippen LogP contribution is 2.38. The van der Waals surface area contributed by atoms with Crippen LogP contribution in [0.5, 0.6) is 5.75 Å². The van der Waals surface area contributed by atoms with Crippen molar-refractivity contribution in [2.45, 2.75) is 13.5 Å². The van der Waals surface area contributed by atoms with Crippen molar-refractivity contribution in [3.05, 3.63) is 83.3 Å². The summed E-state index contributed by atoms with van der Waals surface area (Å²) in [6.07, 6.45) is 2.06. The SMILES string of the molecule is [C-]#[N+]c1ccc2c(c1)c(-c1cccc(N)c1C)cn2-c1ccc(OC)c(CO)c1. The van der Waals surface area contributed by atoms with Gasteiger partial charge in [-0.1, -0.05) is 18.2 Å². The zero-order valence-electron chi connectivity index (χ0n) is 16.3. The van der Waals surface area contributed by atoms with Gasteiger partial charge in [-0.3, -0.25) is 0 Å². The second-order valence-electron chi connectivity index (χ2n) is 6.90. The predicted octanol–water partition coefficient (Wildman–Crippen LogP) is 5.24. The first-order valence-electron chi connectivity index (χ1n) is 9.23. The molecular formula is C24H21N3O2. The van der Waals surface area contributed by atoms with Crippen LogP contribution in [0, 0.1) is 13.5 Å². The Bertz CT molecular complexity index is 1270. The molecule has 0 aliphatic carbocycles. The predicted molar refractivity (Wildman–Crippen MR) is 117 cm³/mol. The van der Waals surface area contributed by atoms with Crippen molar-refractivity contribution in [2.24, 2.45) is 0 Å². The van der Waals surface area contributed by atoms with E-state index in [2.05, 4.69) is 15.6 Å². The van der Waals surface area contributed by atoms with E-state index in [9.17, 15) is 5.11 Å². The topological polar surface area (TPSA) is 64.8 Å². The van der Waals surface area contributed by atoms with Crippen LogP contribution < -0.4 is 10.5 Å². The first-order chi connectivity index (χ1) is 14.1. The number of nitrogen functional groups attached to an aromatic ring is 1. The average molecular weight is 383 g/mol. The molecule has 0 saturated heterocycles. The van der Waals surface area contributed by atoms with Gasteiger partial charge in [-0.25, -0.2) is 4.85 Å². The fourth-order valence-corrected chi connectivity index (χ4v) is 3.70. The van der Waals surface area contributed by atoms with Crippen LogP contribution in [0.1, 0.15) is 11.1 Å². The van der Waals surface area contributed by atoms with Gasteiger partial charge in [0.05, 0.1) is 25.8 Å². The maximum atomic E-state index is 9.72. The van der Waals surface area contributed by atoms with E-state index < -0.39 is 0 Å². The van der Waals surface area contributed by atoms with Crippen molar-refractivity contribution in [1.82, 2.24) is 4.57 Å². The Morgan fingerprint density at radius 2 is 1.93 bits per heavy atom. The third kappa shape index (κ3) is 3.10. The smallest absolute Gasteiger partial charge is 0.188 e. The second-order valence-corrected chi connectivity index (χ2v) is 6.90. The summed E-state index contributed by atoms with van der Waals surface area (Å²) in [4.78, 5) is 3.59. The molecule has 0 unspecified atom stereocenters. The molecule has 5 heteroatoms. The number of anilines is 1. The van der Waals surface area contributed by atoms with Gasteiger partial charge in [-0.2, -0.15) is 0 Å². The third-order valence-electron chi connectivity index (χ3n) is 5.30. The highest BCUT2D eigenvalue weighted by Gasteiger charge is 2.15. The fraction of sp³-hybridized carbons (Fsp3) is 0.125. The number of fused-ring (bicyclic) bond motifs is 1. The number of hydrogen-bond acceptors (Lipinski definition) is 3. The normalized spacial score (nSPS) is 10.8. The molecule has 4 rings (SSSR count). The molecule has 0 atom stereocenters. The van der Waals surface area contributed by atoms with Crippen LogP contribution in [0.25, 0.3) is 32.6 Å². The first kappa shape index (κ1) is 18.6. The number of rotatable bonds is 4. The lowest BCUT2D eigenvalue weighted by Gasteiger charge is -2.11.